The molecule has 0 rings (SSSR count). The molecule has 2 unspecified atom stereocenters. The summed E-state index contributed by atoms with van der Waals surface area (Å²) < 4.78 is 26.9. The Morgan fingerprint density at radius 3 is 1.49 bits per heavy atom. The van der Waals surface area contributed by atoms with Crippen molar-refractivity contribution in [2.24, 2.45) is 0 Å². The Kier molecular flexibility index (Phi) is 42.6. The Labute approximate surface area is 360 Å². The van der Waals surface area contributed by atoms with Crippen molar-refractivity contribution in [3.63, 3.8) is 0 Å². The van der Waals surface area contributed by atoms with Gasteiger partial charge in [-0.15, -0.1) is 0 Å². The molecule has 338 valence electrons. The maximum atomic E-state index is 12.1. The van der Waals surface area contributed by atoms with Crippen molar-refractivity contribution < 1.29 is 37.9 Å². The van der Waals surface area contributed by atoms with Gasteiger partial charge in [0.2, 0.25) is 5.91 Å². The minimum Gasteiger partial charge on any atom is -0.463 e. The summed E-state index contributed by atoms with van der Waals surface area (Å²) in [6.07, 6.45) is 56.6. The van der Waals surface area contributed by atoms with Gasteiger partial charge >= 0.3 is 13.8 Å². The number of phosphoric acid groups is 1. The van der Waals surface area contributed by atoms with Crippen LogP contribution in [0.25, 0.3) is 0 Å². The topological polar surface area (TPSA) is 131 Å². The molecule has 0 bridgehead atoms. The summed E-state index contributed by atoms with van der Waals surface area (Å²) in [5.74, 6) is -0.583. The smallest absolute Gasteiger partial charge is 0.463 e. The fourth-order valence-electron chi connectivity index (χ4n) is 5.86. The van der Waals surface area contributed by atoms with E-state index in [-0.39, 0.29) is 32.1 Å². The molecule has 0 radical (unpaired) electrons. The number of rotatable bonds is 42. The highest BCUT2D eigenvalue weighted by Gasteiger charge is 2.23. The van der Waals surface area contributed by atoms with Gasteiger partial charge in [-0.05, 0) is 83.5 Å². The Morgan fingerprint density at radius 2 is 0.983 bits per heavy atom. The average molecular weight is 846 g/mol. The molecule has 0 aliphatic rings. The van der Waals surface area contributed by atoms with Crippen LogP contribution >= 0.6 is 7.82 Å². The maximum absolute atomic E-state index is 12.1. The highest BCUT2D eigenvalue weighted by Crippen LogP contribution is 2.42. The van der Waals surface area contributed by atoms with E-state index in [0.717, 1.165) is 64.2 Å². The molecule has 0 saturated carbocycles. The average Bonchev–Trinajstić information content (AvgIpc) is 3.22. The Bertz CT molecular complexity index is 1240. The van der Waals surface area contributed by atoms with Crippen molar-refractivity contribution in [3.8, 4) is 0 Å². The zero-order chi connectivity index (χ0) is 43.2. The predicted molar refractivity (Wildman–Crippen MR) is 247 cm³/mol. The summed E-state index contributed by atoms with van der Waals surface area (Å²) in [7, 11) is -4.44. The first kappa shape index (κ1) is 56.2. The van der Waals surface area contributed by atoms with E-state index in [4.69, 9.17) is 13.8 Å². The van der Waals surface area contributed by atoms with E-state index < -0.39 is 26.5 Å². The molecule has 2 atom stereocenters. The van der Waals surface area contributed by atoms with Gasteiger partial charge in [0.05, 0.1) is 13.2 Å². The Hall–Kier alpha value is -2.81. The van der Waals surface area contributed by atoms with Crippen LogP contribution in [0.3, 0.4) is 0 Å². The molecular formula is C49H84NO8P. The van der Waals surface area contributed by atoms with Gasteiger partial charge in [-0.3, -0.25) is 18.6 Å². The normalized spacial score (nSPS) is 14.0. The zero-order valence-electron chi connectivity index (χ0n) is 37.2. The van der Waals surface area contributed by atoms with E-state index in [1.54, 1.807) is 0 Å². The summed E-state index contributed by atoms with van der Waals surface area (Å²) >= 11 is 0. The second-order valence-corrected chi connectivity index (χ2v) is 16.4. The lowest BCUT2D eigenvalue weighted by molar-refractivity contribution is -0.147. The summed E-state index contributed by atoms with van der Waals surface area (Å²) in [5, 5.41) is 12.7. The van der Waals surface area contributed by atoms with Crippen molar-refractivity contribution in [3.05, 3.63) is 85.1 Å². The van der Waals surface area contributed by atoms with Crippen LogP contribution in [0.5, 0.6) is 0 Å². The fraction of sp³-hybridized carbons (Fsp3) is 0.673. The Balaban J connectivity index is 3.66. The second-order valence-electron chi connectivity index (χ2n) is 15.0. The SMILES string of the molecule is CC/C=C\C/C=C\C/C=C\C/C=C\C/C=C\CCCC(=O)NCCOP(=O)(O)OCC(O)COC(=O)CCCCCCCCCCCCC/C=C\C/C=C\CCCCC. The molecule has 0 aromatic carbocycles. The van der Waals surface area contributed by atoms with Crippen molar-refractivity contribution in [1.82, 2.24) is 5.32 Å². The molecule has 1 amide bonds. The van der Waals surface area contributed by atoms with Crippen LogP contribution in [0.15, 0.2) is 85.1 Å². The van der Waals surface area contributed by atoms with Crippen LogP contribution < -0.4 is 5.32 Å². The summed E-state index contributed by atoms with van der Waals surface area (Å²) in [5.41, 5.74) is 0. The predicted octanol–water partition coefficient (Wildman–Crippen LogP) is 13.2. The van der Waals surface area contributed by atoms with Crippen molar-refractivity contribution >= 4 is 19.7 Å². The molecule has 0 heterocycles. The fourth-order valence-corrected chi connectivity index (χ4v) is 6.61. The van der Waals surface area contributed by atoms with Gasteiger partial charge in [-0.2, -0.15) is 0 Å². The number of hydrogen-bond acceptors (Lipinski definition) is 7. The van der Waals surface area contributed by atoms with Crippen molar-refractivity contribution in [2.75, 3.05) is 26.4 Å². The molecule has 0 aromatic rings. The van der Waals surface area contributed by atoms with Crippen molar-refractivity contribution in [1.29, 1.82) is 0 Å². The highest BCUT2D eigenvalue weighted by molar-refractivity contribution is 7.47. The molecule has 3 N–H and O–H groups in total. The van der Waals surface area contributed by atoms with E-state index in [1.165, 1.54) is 83.5 Å². The number of aliphatic hydroxyl groups excluding tert-OH is 1. The van der Waals surface area contributed by atoms with Gasteiger partial charge in [0, 0.05) is 19.4 Å². The van der Waals surface area contributed by atoms with Gasteiger partial charge in [-0.25, -0.2) is 4.57 Å². The molecule has 0 aliphatic heterocycles. The summed E-state index contributed by atoms with van der Waals surface area (Å²) in [6.45, 7) is 3.34. The van der Waals surface area contributed by atoms with Crippen LogP contribution in [0.4, 0.5) is 0 Å². The Morgan fingerprint density at radius 1 is 0.542 bits per heavy atom. The zero-order valence-corrected chi connectivity index (χ0v) is 38.1. The van der Waals surface area contributed by atoms with Gasteiger partial charge in [0.25, 0.3) is 0 Å². The van der Waals surface area contributed by atoms with E-state index >= 15 is 0 Å². The second kappa shape index (κ2) is 44.7. The van der Waals surface area contributed by atoms with Crippen molar-refractivity contribution in [2.45, 2.75) is 187 Å². The lowest BCUT2D eigenvalue weighted by Crippen LogP contribution is -2.27. The quantitative estimate of drug-likeness (QED) is 0.0240. The maximum Gasteiger partial charge on any atom is 0.472 e. The number of nitrogens with one attached hydrogen (secondary N) is 1. The van der Waals surface area contributed by atoms with Crippen LogP contribution in [-0.2, 0) is 27.9 Å². The lowest BCUT2D eigenvalue weighted by Gasteiger charge is -2.15. The first-order valence-corrected chi connectivity index (χ1v) is 24.6. The molecule has 0 spiro atoms. The summed E-state index contributed by atoms with van der Waals surface area (Å²) in [4.78, 5) is 33.9. The van der Waals surface area contributed by atoms with Crippen LogP contribution in [0.1, 0.15) is 181 Å². The molecule has 0 saturated heterocycles. The van der Waals surface area contributed by atoms with Crippen LogP contribution in [0, 0.1) is 0 Å². The minimum absolute atomic E-state index is 0.0467. The van der Waals surface area contributed by atoms with Crippen LogP contribution in [-0.4, -0.2) is 54.3 Å². The number of phosphoric ester groups is 1. The van der Waals surface area contributed by atoms with Gasteiger partial charge in [-0.1, -0.05) is 170 Å². The van der Waals surface area contributed by atoms with E-state index in [2.05, 4.69) is 104 Å². The number of hydrogen-bond donors (Lipinski definition) is 3. The number of esters is 1. The van der Waals surface area contributed by atoms with Gasteiger partial charge in [0.1, 0.15) is 12.7 Å². The number of allylic oxidation sites excluding steroid dienone is 14. The number of carbonyl (C=O) groups excluding carboxylic acids is 2. The minimum atomic E-state index is -4.44. The monoisotopic (exact) mass is 846 g/mol. The number of unbranched alkanes of at least 4 members (excludes halogenated alkanes) is 15. The molecule has 10 heteroatoms. The number of ether oxygens (including phenoxy) is 1. The first-order chi connectivity index (χ1) is 28.8. The standard InChI is InChI=1S/C49H84NO8P/c1-3-5-7-9-11-13-15-17-19-21-22-23-24-26-28-30-32-34-36-38-40-42-49(53)56-45-47(51)46-58-59(54,55)57-44-43-50-48(52)41-39-37-35-33-31-29-27-25-20-18-16-14-12-10-8-6-4-2/h6,8,11-14,17-20,27,29,33,35,47,51H,3-5,7,9-10,15-16,21-26,28,30-32,34,36-46H2,1-2H3,(H,50,52)(H,54,55)/b8-6-,13-11-,14-12-,19-17-,20-18-,29-27-,35-33-. The molecule has 0 aliphatic carbocycles. The van der Waals surface area contributed by atoms with Gasteiger partial charge in [0.15, 0.2) is 0 Å². The number of carbonyl (C=O) groups is 2. The third-order valence-corrected chi connectivity index (χ3v) is 10.3. The van der Waals surface area contributed by atoms with Crippen LogP contribution in [0.2, 0.25) is 0 Å². The molecule has 59 heavy (non-hydrogen) atoms. The molecule has 0 fully saturated rings. The molecule has 0 aromatic heterocycles. The number of amides is 1. The lowest BCUT2D eigenvalue weighted by atomic mass is 10.0. The number of aliphatic hydroxyl groups is 1. The third-order valence-electron chi connectivity index (χ3n) is 9.31. The van der Waals surface area contributed by atoms with E-state index in [9.17, 15) is 24.2 Å². The highest BCUT2D eigenvalue weighted by atomic mass is 31.2. The summed E-state index contributed by atoms with van der Waals surface area (Å²) in [6, 6.07) is 0. The van der Waals surface area contributed by atoms with E-state index in [0.29, 0.717) is 12.8 Å². The molecule has 9 nitrogen and oxygen atoms in total. The largest absolute Gasteiger partial charge is 0.472 e. The molecular weight excluding hydrogens is 762 g/mol. The first-order valence-electron chi connectivity index (χ1n) is 23.1. The third kappa shape index (κ3) is 46.1. The van der Waals surface area contributed by atoms with Gasteiger partial charge < -0.3 is 20.1 Å². The van der Waals surface area contributed by atoms with E-state index in [1.807, 2.05) is 0 Å².